The average Bonchev–Trinajstić information content (AvgIpc) is 3.32. The minimum atomic E-state index is 0.0396. The summed E-state index contributed by atoms with van der Waals surface area (Å²) in [6.45, 7) is 4.69. The molecule has 4 rings (SSSR count). The maximum atomic E-state index is 13.3. The molecule has 1 saturated heterocycles. The van der Waals surface area contributed by atoms with Gasteiger partial charge in [0.05, 0.1) is 19.6 Å². The Morgan fingerprint density at radius 2 is 2.00 bits per heavy atom. The summed E-state index contributed by atoms with van der Waals surface area (Å²) in [5.74, 6) is 0.134. The van der Waals surface area contributed by atoms with E-state index in [1.54, 1.807) is 25.4 Å². The van der Waals surface area contributed by atoms with Crippen molar-refractivity contribution in [3.8, 4) is 0 Å². The van der Waals surface area contributed by atoms with E-state index < -0.39 is 0 Å². The number of carbonyl (C=O) groups is 2. The first-order chi connectivity index (χ1) is 16.1. The molecule has 2 aliphatic heterocycles. The van der Waals surface area contributed by atoms with Gasteiger partial charge in [-0.25, -0.2) is 4.98 Å². The van der Waals surface area contributed by atoms with Crippen molar-refractivity contribution in [3.05, 3.63) is 46.4 Å². The fourth-order valence-corrected chi connectivity index (χ4v) is 5.79. The number of benzene rings is 1. The zero-order valence-electron chi connectivity index (χ0n) is 19.6. The van der Waals surface area contributed by atoms with Crippen molar-refractivity contribution in [2.75, 3.05) is 31.7 Å². The summed E-state index contributed by atoms with van der Waals surface area (Å²) in [4.78, 5) is 36.9. The Kier molecular flexibility index (Phi) is 8.11. The largest absolute Gasteiger partial charge is 0.384 e. The van der Waals surface area contributed by atoms with Crippen molar-refractivity contribution in [1.82, 2.24) is 14.8 Å². The minimum Gasteiger partial charge on any atom is -0.384 e. The summed E-state index contributed by atoms with van der Waals surface area (Å²) in [7, 11) is 1.63. The molecule has 3 heterocycles. The lowest BCUT2D eigenvalue weighted by Gasteiger charge is -2.43. The molecule has 1 aromatic heterocycles. The Morgan fingerprint density at radius 3 is 2.76 bits per heavy atom. The van der Waals surface area contributed by atoms with Gasteiger partial charge in [0.1, 0.15) is 5.01 Å². The summed E-state index contributed by atoms with van der Waals surface area (Å²) in [5.41, 5.74) is 1.93. The first kappa shape index (κ1) is 23.9. The lowest BCUT2D eigenvalue weighted by molar-refractivity contribution is -0.134. The number of carbonyl (C=O) groups excluding carboxylic acids is 2. The van der Waals surface area contributed by atoms with Gasteiger partial charge in [-0.1, -0.05) is 24.6 Å². The highest BCUT2D eigenvalue weighted by Gasteiger charge is 2.34. The van der Waals surface area contributed by atoms with Crippen LogP contribution in [0.15, 0.2) is 35.8 Å². The van der Waals surface area contributed by atoms with Gasteiger partial charge in [-0.3, -0.25) is 14.5 Å². The Hall–Kier alpha value is -2.29. The number of hydrogen-bond acceptors (Lipinski definition) is 6. The van der Waals surface area contributed by atoms with Gasteiger partial charge >= 0.3 is 0 Å². The van der Waals surface area contributed by atoms with Crippen molar-refractivity contribution in [2.45, 2.75) is 64.2 Å². The summed E-state index contributed by atoms with van der Waals surface area (Å²) >= 11 is 1.68. The number of piperidine rings is 1. The highest BCUT2D eigenvalue weighted by atomic mass is 32.1. The zero-order chi connectivity index (χ0) is 23.2. The van der Waals surface area contributed by atoms with Crippen LogP contribution in [-0.2, 0) is 27.4 Å². The van der Waals surface area contributed by atoms with Gasteiger partial charge in [0, 0.05) is 63.0 Å². The van der Waals surface area contributed by atoms with Gasteiger partial charge in [-0.05, 0) is 30.9 Å². The monoisotopic (exact) mass is 470 g/mol. The van der Waals surface area contributed by atoms with Crippen LogP contribution in [0.4, 0.5) is 5.69 Å². The SMILES string of the molecule is COCCC(=O)N1Cc2ccccc2N(C(C)=O)CCC2CCCC(C1)N2Cc1nccs1. The van der Waals surface area contributed by atoms with Crippen molar-refractivity contribution in [2.24, 2.45) is 0 Å². The molecule has 0 aliphatic carbocycles. The first-order valence-corrected chi connectivity index (χ1v) is 12.7. The summed E-state index contributed by atoms with van der Waals surface area (Å²) in [5, 5.41) is 3.12. The summed E-state index contributed by atoms with van der Waals surface area (Å²) < 4.78 is 5.20. The van der Waals surface area contributed by atoms with E-state index in [2.05, 4.69) is 9.88 Å². The normalized spacial score (nSPS) is 21.9. The van der Waals surface area contributed by atoms with Crippen LogP contribution in [-0.4, -0.2) is 65.5 Å². The number of amides is 2. The molecule has 178 valence electrons. The molecule has 8 heteroatoms. The van der Waals surface area contributed by atoms with Gasteiger partial charge in [-0.15, -0.1) is 11.3 Å². The van der Waals surface area contributed by atoms with Gasteiger partial charge < -0.3 is 14.5 Å². The second-order valence-electron chi connectivity index (χ2n) is 8.94. The number of para-hydroxylation sites is 1. The van der Waals surface area contributed by atoms with Gasteiger partial charge in [0.15, 0.2) is 0 Å². The molecule has 2 atom stereocenters. The Morgan fingerprint density at radius 1 is 1.18 bits per heavy atom. The molecular formula is C25H34N4O3S. The number of anilines is 1. The Balaban J connectivity index is 1.70. The van der Waals surface area contributed by atoms with E-state index in [1.807, 2.05) is 45.6 Å². The zero-order valence-corrected chi connectivity index (χ0v) is 20.4. The number of ether oxygens (including phenoxy) is 1. The van der Waals surface area contributed by atoms with E-state index in [0.717, 1.165) is 48.5 Å². The van der Waals surface area contributed by atoms with E-state index in [9.17, 15) is 9.59 Å². The van der Waals surface area contributed by atoms with Gasteiger partial charge in [0.25, 0.3) is 0 Å². The smallest absolute Gasteiger partial charge is 0.225 e. The maximum absolute atomic E-state index is 13.3. The van der Waals surface area contributed by atoms with Crippen molar-refractivity contribution in [3.63, 3.8) is 0 Å². The van der Waals surface area contributed by atoms with Crippen LogP contribution in [0.2, 0.25) is 0 Å². The fourth-order valence-electron chi connectivity index (χ4n) is 5.17. The number of thiazole rings is 1. The van der Waals surface area contributed by atoms with Crippen molar-refractivity contribution < 1.29 is 14.3 Å². The molecule has 2 aromatic rings. The van der Waals surface area contributed by atoms with E-state index in [0.29, 0.717) is 38.7 Å². The van der Waals surface area contributed by atoms with E-state index in [1.165, 1.54) is 0 Å². The highest BCUT2D eigenvalue weighted by molar-refractivity contribution is 7.09. The number of fused-ring (bicyclic) bond motifs is 3. The predicted molar refractivity (Wildman–Crippen MR) is 130 cm³/mol. The van der Waals surface area contributed by atoms with Crippen LogP contribution in [0, 0.1) is 0 Å². The molecule has 0 spiro atoms. The van der Waals surface area contributed by atoms with Crippen LogP contribution in [0.3, 0.4) is 0 Å². The molecule has 0 radical (unpaired) electrons. The lowest BCUT2D eigenvalue weighted by atomic mass is 9.92. The van der Waals surface area contributed by atoms with E-state index in [-0.39, 0.29) is 17.9 Å². The third-order valence-electron chi connectivity index (χ3n) is 6.83. The first-order valence-electron chi connectivity index (χ1n) is 11.8. The van der Waals surface area contributed by atoms with Crippen LogP contribution >= 0.6 is 11.3 Å². The number of nitrogens with zero attached hydrogens (tertiary/aromatic N) is 4. The average molecular weight is 471 g/mol. The van der Waals surface area contributed by atoms with Gasteiger partial charge in [-0.2, -0.15) is 0 Å². The van der Waals surface area contributed by atoms with Crippen LogP contribution in [0.25, 0.3) is 0 Å². The molecule has 7 nitrogen and oxygen atoms in total. The molecule has 1 aromatic carbocycles. The molecule has 33 heavy (non-hydrogen) atoms. The number of methoxy groups -OCH3 is 1. The molecule has 2 aliphatic rings. The number of aromatic nitrogens is 1. The van der Waals surface area contributed by atoms with E-state index in [4.69, 9.17) is 4.74 Å². The Bertz CT molecular complexity index is 935. The van der Waals surface area contributed by atoms with E-state index >= 15 is 0 Å². The second-order valence-corrected chi connectivity index (χ2v) is 9.92. The minimum absolute atomic E-state index is 0.0396. The summed E-state index contributed by atoms with van der Waals surface area (Å²) in [6, 6.07) is 8.64. The molecule has 0 N–H and O–H groups in total. The number of rotatable bonds is 5. The quantitative estimate of drug-likeness (QED) is 0.667. The fraction of sp³-hybridized carbons (Fsp3) is 0.560. The molecule has 2 bridgehead atoms. The van der Waals surface area contributed by atoms with Crippen molar-refractivity contribution in [1.29, 1.82) is 0 Å². The topological polar surface area (TPSA) is 66.0 Å². The molecule has 0 saturated carbocycles. The molecular weight excluding hydrogens is 436 g/mol. The van der Waals surface area contributed by atoms with Crippen LogP contribution in [0.5, 0.6) is 0 Å². The Labute approximate surface area is 200 Å². The predicted octanol–water partition coefficient (Wildman–Crippen LogP) is 3.69. The van der Waals surface area contributed by atoms with Crippen molar-refractivity contribution >= 4 is 28.8 Å². The van der Waals surface area contributed by atoms with Crippen LogP contribution in [0.1, 0.15) is 49.6 Å². The maximum Gasteiger partial charge on any atom is 0.225 e. The molecule has 1 fully saturated rings. The van der Waals surface area contributed by atoms with Crippen LogP contribution < -0.4 is 4.90 Å². The third kappa shape index (κ3) is 5.80. The van der Waals surface area contributed by atoms with Gasteiger partial charge in [0.2, 0.25) is 11.8 Å². The summed E-state index contributed by atoms with van der Waals surface area (Å²) in [6.07, 6.45) is 6.43. The second kappa shape index (κ2) is 11.2. The third-order valence-corrected chi connectivity index (χ3v) is 7.59. The number of hydrogen-bond donors (Lipinski definition) is 0. The highest BCUT2D eigenvalue weighted by Crippen LogP contribution is 2.32. The standard InChI is InChI=1S/C25H34N4O3S/c1-19(30)28-13-10-21-7-5-8-22(29(21)18-24-26-12-15-33-24)17-27(25(31)11-14-32-2)16-20-6-3-4-9-23(20)28/h3-4,6,9,12,15,21-22H,5,7-8,10-11,13-14,16-18H2,1-2H3. The molecule has 2 amide bonds. The lowest BCUT2D eigenvalue weighted by Crippen LogP contribution is -2.52. The molecule has 2 unspecified atom stereocenters.